The average Bonchev–Trinajstić information content (AvgIpc) is 2.54. The molecule has 3 heteroatoms. The highest BCUT2D eigenvalue weighted by Gasteiger charge is 2.09. The van der Waals surface area contributed by atoms with Crippen LogP contribution in [0.25, 0.3) is 22.0 Å². The van der Waals surface area contributed by atoms with Crippen molar-refractivity contribution in [3.8, 4) is 16.9 Å². The number of nitrogens with two attached hydrogens (primary N) is 1. The Morgan fingerprint density at radius 2 is 2.00 bits per heavy atom. The highest BCUT2D eigenvalue weighted by Crippen LogP contribution is 2.33. The molecule has 3 aromatic rings. The van der Waals surface area contributed by atoms with E-state index in [9.17, 15) is 0 Å². The zero-order valence-electron chi connectivity index (χ0n) is 12.0. The molecule has 21 heavy (non-hydrogen) atoms. The van der Waals surface area contributed by atoms with Gasteiger partial charge in [-0.1, -0.05) is 30.3 Å². The monoisotopic (exact) mass is 278 g/mol. The van der Waals surface area contributed by atoms with E-state index < -0.39 is 0 Å². The number of methoxy groups -OCH3 is 1. The minimum atomic E-state index is 0.661. The summed E-state index contributed by atoms with van der Waals surface area (Å²) in [5, 5.41) is 1.10. The smallest absolute Gasteiger partial charge is 0.145 e. The van der Waals surface area contributed by atoms with E-state index >= 15 is 0 Å². The van der Waals surface area contributed by atoms with Gasteiger partial charge >= 0.3 is 0 Å². The molecule has 0 atom stereocenters. The third-order valence-corrected chi connectivity index (χ3v) is 3.62. The molecule has 0 unspecified atom stereocenters. The number of aromatic nitrogens is 1. The molecule has 1 heterocycles. The van der Waals surface area contributed by atoms with E-state index in [4.69, 9.17) is 10.5 Å². The van der Waals surface area contributed by atoms with Crippen LogP contribution in [0.2, 0.25) is 0 Å². The lowest BCUT2D eigenvalue weighted by molar-refractivity contribution is 0.419. The van der Waals surface area contributed by atoms with Crippen LogP contribution in [0.3, 0.4) is 0 Å². The molecule has 0 amide bonds. The van der Waals surface area contributed by atoms with Gasteiger partial charge in [0, 0.05) is 11.6 Å². The zero-order valence-corrected chi connectivity index (χ0v) is 12.0. The fourth-order valence-electron chi connectivity index (χ4n) is 2.62. The maximum absolute atomic E-state index is 5.65. The fraction of sp³-hybridized carbons (Fsp3) is 0.167. The number of fused-ring (bicyclic) bond motifs is 1. The van der Waals surface area contributed by atoms with Crippen molar-refractivity contribution in [2.45, 2.75) is 6.42 Å². The first-order valence-electron chi connectivity index (χ1n) is 7.04. The summed E-state index contributed by atoms with van der Waals surface area (Å²) >= 11 is 0. The van der Waals surface area contributed by atoms with Gasteiger partial charge in [0.15, 0.2) is 0 Å². The molecule has 3 rings (SSSR count). The molecular formula is C18H18N2O. The molecule has 0 saturated carbocycles. The summed E-state index contributed by atoms with van der Waals surface area (Å²) in [4.78, 5) is 4.45. The lowest BCUT2D eigenvalue weighted by atomic mass is 9.98. The highest BCUT2D eigenvalue weighted by atomic mass is 16.5. The van der Waals surface area contributed by atoms with E-state index in [0.29, 0.717) is 6.54 Å². The van der Waals surface area contributed by atoms with Crippen LogP contribution in [-0.4, -0.2) is 18.6 Å². The van der Waals surface area contributed by atoms with Crippen molar-refractivity contribution in [2.75, 3.05) is 13.7 Å². The minimum Gasteiger partial charge on any atom is -0.494 e. The van der Waals surface area contributed by atoms with E-state index in [1.807, 2.05) is 12.1 Å². The predicted molar refractivity (Wildman–Crippen MR) is 86.5 cm³/mol. The van der Waals surface area contributed by atoms with Gasteiger partial charge in [0.1, 0.15) is 11.3 Å². The van der Waals surface area contributed by atoms with Crippen LogP contribution in [0.1, 0.15) is 5.56 Å². The van der Waals surface area contributed by atoms with Gasteiger partial charge in [0.05, 0.1) is 7.11 Å². The van der Waals surface area contributed by atoms with Crippen LogP contribution in [-0.2, 0) is 6.42 Å². The van der Waals surface area contributed by atoms with Gasteiger partial charge in [0.25, 0.3) is 0 Å². The molecule has 0 aliphatic rings. The lowest BCUT2D eigenvalue weighted by Crippen LogP contribution is -2.02. The third-order valence-electron chi connectivity index (χ3n) is 3.62. The van der Waals surface area contributed by atoms with E-state index in [1.165, 1.54) is 11.1 Å². The topological polar surface area (TPSA) is 48.1 Å². The summed E-state index contributed by atoms with van der Waals surface area (Å²) in [5.41, 5.74) is 10.1. The van der Waals surface area contributed by atoms with Crippen molar-refractivity contribution in [1.82, 2.24) is 4.98 Å². The first-order valence-corrected chi connectivity index (χ1v) is 7.04. The first-order chi connectivity index (χ1) is 10.3. The Bertz CT molecular complexity index is 768. The Kier molecular flexibility index (Phi) is 3.84. The standard InChI is InChI=1S/C18H18N2O/c1-21-17-8-7-15(16-6-3-11-20-18(16)17)14-5-2-4-13(12-14)9-10-19/h2-8,11-12H,9-10,19H2,1H3. The van der Waals surface area contributed by atoms with Crippen LogP contribution < -0.4 is 10.5 Å². The van der Waals surface area contributed by atoms with Gasteiger partial charge in [-0.2, -0.15) is 0 Å². The van der Waals surface area contributed by atoms with Gasteiger partial charge in [-0.25, -0.2) is 0 Å². The molecule has 2 N–H and O–H groups in total. The largest absolute Gasteiger partial charge is 0.494 e. The predicted octanol–water partition coefficient (Wildman–Crippen LogP) is 3.41. The molecule has 3 nitrogen and oxygen atoms in total. The number of ether oxygens (including phenoxy) is 1. The second kappa shape index (κ2) is 5.94. The van der Waals surface area contributed by atoms with Gasteiger partial charge in [-0.15, -0.1) is 0 Å². The molecule has 2 aromatic carbocycles. The minimum absolute atomic E-state index is 0.661. The summed E-state index contributed by atoms with van der Waals surface area (Å²) in [7, 11) is 1.67. The van der Waals surface area contributed by atoms with Crippen LogP contribution in [0.4, 0.5) is 0 Å². The first kappa shape index (κ1) is 13.6. The Morgan fingerprint density at radius 1 is 1.10 bits per heavy atom. The van der Waals surface area contributed by atoms with Crippen molar-refractivity contribution in [1.29, 1.82) is 0 Å². The van der Waals surface area contributed by atoms with E-state index in [1.54, 1.807) is 13.3 Å². The number of benzene rings is 2. The second-order valence-corrected chi connectivity index (χ2v) is 4.95. The van der Waals surface area contributed by atoms with E-state index in [0.717, 1.165) is 28.6 Å². The summed E-state index contributed by atoms with van der Waals surface area (Å²) in [5.74, 6) is 0.799. The molecule has 0 spiro atoms. The zero-order chi connectivity index (χ0) is 14.7. The molecule has 1 aromatic heterocycles. The van der Waals surface area contributed by atoms with Crippen LogP contribution in [0.5, 0.6) is 5.75 Å². The molecule has 0 bridgehead atoms. The normalized spacial score (nSPS) is 10.8. The molecule has 0 radical (unpaired) electrons. The van der Waals surface area contributed by atoms with Crippen LogP contribution in [0.15, 0.2) is 54.7 Å². The second-order valence-electron chi connectivity index (χ2n) is 4.95. The number of rotatable bonds is 4. The number of hydrogen-bond acceptors (Lipinski definition) is 3. The maximum Gasteiger partial charge on any atom is 0.145 e. The van der Waals surface area contributed by atoms with Gasteiger partial charge < -0.3 is 10.5 Å². The molecule has 106 valence electrons. The van der Waals surface area contributed by atoms with E-state index in [-0.39, 0.29) is 0 Å². The maximum atomic E-state index is 5.65. The summed E-state index contributed by atoms with van der Waals surface area (Å²) in [6.07, 6.45) is 2.68. The van der Waals surface area contributed by atoms with Crippen molar-refractivity contribution >= 4 is 10.9 Å². The van der Waals surface area contributed by atoms with Crippen molar-refractivity contribution < 1.29 is 4.74 Å². The van der Waals surface area contributed by atoms with Crippen molar-refractivity contribution in [2.24, 2.45) is 5.73 Å². The van der Waals surface area contributed by atoms with Gasteiger partial charge in [-0.05, 0) is 47.9 Å². The SMILES string of the molecule is COc1ccc(-c2cccc(CCN)c2)c2cccnc12. The number of hydrogen-bond donors (Lipinski definition) is 1. The van der Waals surface area contributed by atoms with Crippen molar-refractivity contribution in [3.63, 3.8) is 0 Å². The molecule has 0 saturated heterocycles. The van der Waals surface area contributed by atoms with Crippen molar-refractivity contribution in [3.05, 3.63) is 60.3 Å². The number of pyridine rings is 1. The Balaban J connectivity index is 2.19. The van der Waals surface area contributed by atoms with Crippen LogP contribution in [0, 0.1) is 0 Å². The lowest BCUT2D eigenvalue weighted by Gasteiger charge is -2.11. The summed E-state index contributed by atoms with van der Waals surface area (Å²) in [6, 6.07) is 16.6. The van der Waals surface area contributed by atoms with Gasteiger partial charge in [-0.3, -0.25) is 4.98 Å². The molecule has 0 aliphatic heterocycles. The quantitative estimate of drug-likeness (QED) is 0.795. The Labute approximate surface area is 124 Å². The summed E-state index contributed by atoms with van der Waals surface area (Å²) in [6.45, 7) is 0.661. The Morgan fingerprint density at radius 3 is 2.81 bits per heavy atom. The van der Waals surface area contributed by atoms with Gasteiger partial charge in [0.2, 0.25) is 0 Å². The molecule has 0 fully saturated rings. The van der Waals surface area contributed by atoms with Crippen LogP contribution >= 0.6 is 0 Å². The Hall–Kier alpha value is -2.39. The average molecular weight is 278 g/mol. The molecule has 0 aliphatic carbocycles. The highest BCUT2D eigenvalue weighted by molar-refractivity contribution is 5.97. The van der Waals surface area contributed by atoms with E-state index in [2.05, 4.69) is 41.4 Å². The summed E-state index contributed by atoms with van der Waals surface area (Å²) < 4.78 is 5.40. The number of nitrogens with zero attached hydrogens (tertiary/aromatic N) is 1. The molecular weight excluding hydrogens is 260 g/mol. The fourth-order valence-corrected chi connectivity index (χ4v) is 2.62. The third kappa shape index (κ3) is 2.60.